The summed E-state index contributed by atoms with van der Waals surface area (Å²) in [7, 11) is 1.71. The standard InChI is InChI=1S/C13H27N3O2/c1-11(2)10-16-8-6-15(7-9-16)5-4-12(14-3)13(17)18/h11-12,14H,4-10H2,1-3H3,(H,17,18). The van der Waals surface area contributed by atoms with Crippen molar-refractivity contribution < 1.29 is 9.90 Å². The lowest BCUT2D eigenvalue weighted by molar-refractivity contribution is -0.139. The van der Waals surface area contributed by atoms with Gasteiger partial charge in [-0.05, 0) is 19.4 Å². The highest BCUT2D eigenvalue weighted by Crippen LogP contribution is 2.06. The Bertz CT molecular complexity index is 251. The minimum Gasteiger partial charge on any atom is -0.480 e. The van der Waals surface area contributed by atoms with E-state index in [0.29, 0.717) is 6.42 Å². The summed E-state index contributed by atoms with van der Waals surface area (Å²) >= 11 is 0. The highest BCUT2D eigenvalue weighted by atomic mass is 16.4. The normalized spacial score (nSPS) is 20.2. The zero-order chi connectivity index (χ0) is 13.5. The van der Waals surface area contributed by atoms with Crippen LogP contribution in [0.3, 0.4) is 0 Å². The third kappa shape index (κ3) is 5.33. The van der Waals surface area contributed by atoms with Gasteiger partial charge in [0.25, 0.3) is 0 Å². The number of carbonyl (C=O) groups is 1. The van der Waals surface area contributed by atoms with Crippen molar-refractivity contribution in [2.45, 2.75) is 26.3 Å². The molecule has 0 aromatic carbocycles. The number of hydrogen-bond donors (Lipinski definition) is 2. The molecule has 1 rings (SSSR count). The lowest BCUT2D eigenvalue weighted by Crippen LogP contribution is -2.48. The Balaban J connectivity index is 2.21. The van der Waals surface area contributed by atoms with E-state index in [-0.39, 0.29) is 0 Å². The predicted molar refractivity (Wildman–Crippen MR) is 72.8 cm³/mol. The topological polar surface area (TPSA) is 55.8 Å². The fraction of sp³-hybridized carbons (Fsp3) is 0.923. The highest BCUT2D eigenvalue weighted by Gasteiger charge is 2.20. The number of hydrogen-bond acceptors (Lipinski definition) is 4. The Morgan fingerprint density at radius 1 is 1.22 bits per heavy atom. The first kappa shape index (κ1) is 15.4. The quantitative estimate of drug-likeness (QED) is 0.688. The summed E-state index contributed by atoms with van der Waals surface area (Å²) in [6, 6.07) is -0.418. The van der Waals surface area contributed by atoms with Crippen molar-refractivity contribution in [3.8, 4) is 0 Å². The number of nitrogens with one attached hydrogen (secondary N) is 1. The summed E-state index contributed by atoms with van der Waals surface area (Å²) in [5.41, 5.74) is 0. The van der Waals surface area contributed by atoms with Crippen LogP contribution < -0.4 is 5.32 Å². The van der Waals surface area contributed by atoms with Crippen LogP contribution in [0.25, 0.3) is 0 Å². The Kier molecular flexibility index (Phi) is 6.60. The Morgan fingerprint density at radius 2 is 1.78 bits per heavy atom. The average molecular weight is 257 g/mol. The van der Waals surface area contributed by atoms with E-state index in [4.69, 9.17) is 5.11 Å². The van der Waals surface area contributed by atoms with Gasteiger partial charge in [0.2, 0.25) is 0 Å². The summed E-state index contributed by atoms with van der Waals surface area (Å²) in [6.45, 7) is 10.9. The maximum Gasteiger partial charge on any atom is 0.320 e. The maximum absolute atomic E-state index is 10.9. The van der Waals surface area contributed by atoms with Crippen LogP contribution >= 0.6 is 0 Å². The molecule has 1 aliphatic rings. The lowest BCUT2D eigenvalue weighted by atomic mass is 10.1. The summed E-state index contributed by atoms with van der Waals surface area (Å²) in [5, 5.41) is 11.8. The summed E-state index contributed by atoms with van der Waals surface area (Å²) in [6.07, 6.45) is 0.677. The van der Waals surface area contributed by atoms with Crippen LogP contribution in [-0.2, 0) is 4.79 Å². The van der Waals surface area contributed by atoms with E-state index in [0.717, 1.165) is 38.6 Å². The molecule has 0 saturated carbocycles. The van der Waals surface area contributed by atoms with E-state index >= 15 is 0 Å². The smallest absolute Gasteiger partial charge is 0.320 e. The molecule has 18 heavy (non-hydrogen) atoms. The van der Waals surface area contributed by atoms with E-state index in [1.165, 1.54) is 6.54 Å². The monoisotopic (exact) mass is 257 g/mol. The SMILES string of the molecule is CNC(CCN1CCN(CC(C)C)CC1)C(=O)O. The maximum atomic E-state index is 10.9. The van der Waals surface area contributed by atoms with Gasteiger partial charge in [-0.2, -0.15) is 0 Å². The van der Waals surface area contributed by atoms with Crippen LogP contribution in [0.5, 0.6) is 0 Å². The van der Waals surface area contributed by atoms with E-state index in [1.54, 1.807) is 7.05 Å². The summed E-state index contributed by atoms with van der Waals surface area (Å²) in [4.78, 5) is 15.7. The van der Waals surface area contributed by atoms with Gasteiger partial charge in [0.1, 0.15) is 6.04 Å². The van der Waals surface area contributed by atoms with E-state index in [9.17, 15) is 4.79 Å². The second kappa shape index (κ2) is 7.71. The second-order valence-corrected chi connectivity index (χ2v) is 5.50. The molecule has 0 aliphatic carbocycles. The van der Waals surface area contributed by atoms with Crippen LogP contribution in [0, 0.1) is 5.92 Å². The highest BCUT2D eigenvalue weighted by molar-refractivity contribution is 5.73. The van der Waals surface area contributed by atoms with Crippen molar-refractivity contribution >= 4 is 5.97 Å². The van der Waals surface area contributed by atoms with Gasteiger partial charge < -0.3 is 20.2 Å². The van der Waals surface area contributed by atoms with Crippen LogP contribution in [0.2, 0.25) is 0 Å². The first-order valence-corrected chi connectivity index (χ1v) is 6.87. The molecule has 1 aliphatic heterocycles. The molecule has 1 fully saturated rings. The van der Waals surface area contributed by atoms with E-state index in [2.05, 4.69) is 29.0 Å². The first-order valence-electron chi connectivity index (χ1n) is 6.87. The van der Waals surface area contributed by atoms with Gasteiger partial charge >= 0.3 is 5.97 Å². The molecule has 0 amide bonds. The molecule has 0 aromatic heterocycles. The number of carboxylic acids is 1. The fourth-order valence-corrected chi connectivity index (χ4v) is 2.41. The first-order chi connectivity index (χ1) is 8.52. The molecule has 0 spiro atoms. The third-order valence-electron chi connectivity index (χ3n) is 3.47. The van der Waals surface area contributed by atoms with Crippen molar-refractivity contribution in [3.63, 3.8) is 0 Å². The van der Waals surface area contributed by atoms with Gasteiger partial charge in [-0.1, -0.05) is 13.8 Å². The lowest BCUT2D eigenvalue weighted by Gasteiger charge is -2.35. The molecule has 5 nitrogen and oxygen atoms in total. The van der Waals surface area contributed by atoms with Crippen molar-refractivity contribution in [1.82, 2.24) is 15.1 Å². The zero-order valence-corrected chi connectivity index (χ0v) is 11.9. The van der Waals surface area contributed by atoms with Crippen LogP contribution in [0.4, 0.5) is 0 Å². The molecule has 2 N–H and O–H groups in total. The zero-order valence-electron chi connectivity index (χ0n) is 11.9. The van der Waals surface area contributed by atoms with Crippen LogP contribution in [0.15, 0.2) is 0 Å². The van der Waals surface area contributed by atoms with Gasteiger partial charge in [0, 0.05) is 39.3 Å². The van der Waals surface area contributed by atoms with Crippen molar-refractivity contribution in [2.75, 3.05) is 46.3 Å². The molecule has 5 heteroatoms. The minimum absolute atomic E-state index is 0.418. The number of rotatable bonds is 7. The van der Waals surface area contributed by atoms with E-state index < -0.39 is 12.0 Å². The fourth-order valence-electron chi connectivity index (χ4n) is 2.41. The molecule has 1 unspecified atom stereocenters. The predicted octanol–water partition coefficient (Wildman–Crippen LogP) is 0.323. The van der Waals surface area contributed by atoms with Crippen molar-refractivity contribution in [1.29, 1.82) is 0 Å². The van der Waals surface area contributed by atoms with Gasteiger partial charge in [-0.15, -0.1) is 0 Å². The Hall–Kier alpha value is -0.650. The van der Waals surface area contributed by atoms with Crippen molar-refractivity contribution in [2.24, 2.45) is 5.92 Å². The van der Waals surface area contributed by atoms with Gasteiger partial charge in [-0.25, -0.2) is 0 Å². The van der Waals surface area contributed by atoms with E-state index in [1.807, 2.05) is 0 Å². The average Bonchev–Trinajstić information content (AvgIpc) is 2.31. The van der Waals surface area contributed by atoms with Crippen LogP contribution in [-0.4, -0.2) is 73.2 Å². The number of likely N-dealkylation sites (N-methyl/N-ethyl adjacent to an activating group) is 1. The molecule has 0 radical (unpaired) electrons. The number of piperazine rings is 1. The molecule has 1 heterocycles. The molecular weight excluding hydrogens is 230 g/mol. The van der Waals surface area contributed by atoms with Gasteiger partial charge in [-0.3, -0.25) is 4.79 Å². The Labute approximate surface area is 110 Å². The van der Waals surface area contributed by atoms with Gasteiger partial charge in [0.05, 0.1) is 0 Å². The summed E-state index contributed by atoms with van der Waals surface area (Å²) in [5.74, 6) is -0.0341. The second-order valence-electron chi connectivity index (χ2n) is 5.50. The number of carboxylic acid groups (broad SMARTS) is 1. The largest absolute Gasteiger partial charge is 0.480 e. The molecule has 0 bridgehead atoms. The third-order valence-corrected chi connectivity index (χ3v) is 3.47. The van der Waals surface area contributed by atoms with Crippen LogP contribution in [0.1, 0.15) is 20.3 Å². The number of aliphatic carboxylic acids is 1. The van der Waals surface area contributed by atoms with Crippen molar-refractivity contribution in [3.05, 3.63) is 0 Å². The minimum atomic E-state index is -0.754. The molecule has 1 saturated heterocycles. The molecule has 106 valence electrons. The Morgan fingerprint density at radius 3 is 2.22 bits per heavy atom. The molecular formula is C13H27N3O2. The van der Waals surface area contributed by atoms with Gasteiger partial charge in [0.15, 0.2) is 0 Å². The number of nitrogens with zero attached hydrogens (tertiary/aromatic N) is 2. The molecule has 1 atom stereocenters. The summed E-state index contributed by atoms with van der Waals surface area (Å²) < 4.78 is 0. The molecule has 0 aromatic rings.